The minimum atomic E-state index is -0.229. The molecule has 1 aromatic heterocycles. The molecule has 2 rings (SSSR count). The van der Waals surface area contributed by atoms with Crippen molar-refractivity contribution < 1.29 is 4.79 Å². The molecule has 1 aromatic carbocycles. The van der Waals surface area contributed by atoms with Crippen LogP contribution in [0.2, 0.25) is 0 Å². The quantitative estimate of drug-likeness (QED) is 0.449. The molecule has 2 aromatic rings. The lowest BCUT2D eigenvalue weighted by molar-refractivity contribution is -0.113. The number of rotatable bonds is 4. The van der Waals surface area contributed by atoms with Crippen LogP contribution in [-0.2, 0) is 4.79 Å². The Balaban J connectivity index is 1.96. The van der Waals surface area contributed by atoms with Gasteiger partial charge in [0.05, 0.1) is 17.1 Å². The summed E-state index contributed by atoms with van der Waals surface area (Å²) in [7, 11) is 0. The second-order valence-corrected chi connectivity index (χ2v) is 5.08. The van der Waals surface area contributed by atoms with Crippen LogP contribution in [-0.4, -0.2) is 21.6 Å². The van der Waals surface area contributed by atoms with Crippen molar-refractivity contribution in [3.05, 3.63) is 46.4 Å². The average Bonchev–Trinajstić information content (AvgIpc) is 2.38. The number of H-pyrrole nitrogens is 1. The first-order valence-electron chi connectivity index (χ1n) is 5.90. The smallest absolute Gasteiger partial charge is 0.251 e. The van der Waals surface area contributed by atoms with Crippen LogP contribution >= 0.6 is 11.8 Å². The van der Waals surface area contributed by atoms with E-state index in [1.807, 2.05) is 0 Å². The van der Waals surface area contributed by atoms with Crippen molar-refractivity contribution in [3.8, 4) is 0 Å². The van der Waals surface area contributed by atoms with E-state index in [0.717, 1.165) is 11.8 Å². The Bertz CT molecular complexity index is 684. The lowest BCUT2D eigenvalue weighted by Crippen LogP contribution is -2.16. The second-order valence-electron chi connectivity index (χ2n) is 4.12. The van der Waals surface area contributed by atoms with Gasteiger partial charge in [-0.05, 0) is 19.1 Å². The van der Waals surface area contributed by atoms with E-state index in [1.54, 1.807) is 31.2 Å². The number of para-hydroxylation sites is 2. The molecule has 0 fully saturated rings. The number of nitrogens with zero attached hydrogens (tertiary/aromatic N) is 1. The predicted octanol–water partition coefficient (Wildman–Crippen LogP) is 1.39. The van der Waals surface area contributed by atoms with Crippen LogP contribution in [0.15, 0.2) is 40.3 Å². The van der Waals surface area contributed by atoms with Crippen molar-refractivity contribution in [2.45, 2.75) is 12.1 Å². The van der Waals surface area contributed by atoms with Gasteiger partial charge in [-0.25, -0.2) is 4.98 Å². The molecule has 4 N–H and O–H groups in total. The topological polar surface area (TPSA) is 101 Å². The van der Waals surface area contributed by atoms with Crippen molar-refractivity contribution in [2.24, 2.45) is 0 Å². The predicted molar refractivity (Wildman–Crippen MR) is 79.8 cm³/mol. The Labute approximate surface area is 119 Å². The molecule has 0 radical (unpaired) electrons. The molecule has 0 atom stereocenters. The Morgan fingerprint density at radius 2 is 2.20 bits per heavy atom. The summed E-state index contributed by atoms with van der Waals surface area (Å²) in [5, 5.41) is 3.13. The van der Waals surface area contributed by atoms with E-state index in [1.165, 1.54) is 6.07 Å². The first-order valence-corrected chi connectivity index (χ1v) is 6.88. The molecule has 0 unspecified atom stereocenters. The zero-order valence-corrected chi connectivity index (χ0v) is 11.7. The number of aryl methyl sites for hydroxylation is 1. The van der Waals surface area contributed by atoms with Gasteiger partial charge in [0.2, 0.25) is 5.91 Å². The fourth-order valence-electron chi connectivity index (χ4n) is 1.55. The number of benzene rings is 1. The highest BCUT2D eigenvalue weighted by Crippen LogP contribution is 2.18. The third-order valence-electron chi connectivity index (χ3n) is 2.42. The van der Waals surface area contributed by atoms with Gasteiger partial charge in [0.15, 0.2) is 5.16 Å². The summed E-state index contributed by atoms with van der Waals surface area (Å²) in [6.45, 7) is 1.73. The normalized spacial score (nSPS) is 10.2. The van der Waals surface area contributed by atoms with Gasteiger partial charge < -0.3 is 16.0 Å². The van der Waals surface area contributed by atoms with E-state index in [0.29, 0.717) is 22.2 Å². The lowest BCUT2D eigenvalue weighted by Gasteiger charge is -2.07. The van der Waals surface area contributed by atoms with E-state index in [-0.39, 0.29) is 17.2 Å². The van der Waals surface area contributed by atoms with E-state index in [4.69, 9.17) is 5.73 Å². The van der Waals surface area contributed by atoms with Gasteiger partial charge in [-0.1, -0.05) is 23.9 Å². The number of aromatic amines is 1. The molecular weight excluding hydrogens is 276 g/mol. The molecule has 20 heavy (non-hydrogen) atoms. The number of hydrogen-bond acceptors (Lipinski definition) is 5. The molecule has 1 amide bonds. The maximum absolute atomic E-state index is 11.8. The van der Waals surface area contributed by atoms with Crippen molar-refractivity contribution in [3.63, 3.8) is 0 Å². The van der Waals surface area contributed by atoms with Gasteiger partial charge in [0.25, 0.3) is 5.56 Å². The number of hydrogen-bond donors (Lipinski definition) is 3. The largest absolute Gasteiger partial charge is 0.397 e. The number of carbonyl (C=O) groups excluding carboxylic acids is 1. The van der Waals surface area contributed by atoms with Crippen LogP contribution in [0.25, 0.3) is 0 Å². The summed E-state index contributed by atoms with van der Waals surface area (Å²) in [5.41, 5.74) is 7.20. The summed E-state index contributed by atoms with van der Waals surface area (Å²) in [4.78, 5) is 29.8. The Morgan fingerprint density at radius 1 is 1.45 bits per heavy atom. The highest BCUT2D eigenvalue weighted by Gasteiger charge is 2.07. The number of thioether (sulfide) groups is 1. The summed E-state index contributed by atoms with van der Waals surface area (Å²) in [5.74, 6) is -0.0714. The molecule has 6 nitrogen and oxygen atoms in total. The van der Waals surface area contributed by atoms with Gasteiger partial charge in [-0.3, -0.25) is 9.59 Å². The Hall–Kier alpha value is -2.28. The van der Waals surface area contributed by atoms with E-state index < -0.39 is 0 Å². The number of aromatic nitrogens is 2. The van der Waals surface area contributed by atoms with Crippen molar-refractivity contribution >= 4 is 29.0 Å². The van der Waals surface area contributed by atoms with E-state index in [9.17, 15) is 9.59 Å². The third kappa shape index (κ3) is 3.86. The fourth-order valence-corrected chi connectivity index (χ4v) is 2.27. The first kappa shape index (κ1) is 14.1. The van der Waals surface area contributed by atoms with Crippen LogP contribution in [0.3, 0.4) is 0 Å². The highest BCUT2D eigenvalue weighted by atomic mass is 32.2. The van der Waals surface area contributed by atoms with Gasteiger partial charge in [-0.15, -0.1) is 0 Å². The van der Waals surface area contributed by atoms with Crippen molar-refractivity contribution in [2.75, 3.05) is 16.8 Å². The highest BCUT2D eigenvalue weighted by molar-refractivity contribution is 7.99. The number of nitrogens with two attached hydrogens (primary N) is 1. The monoisotopic (exact) mass is 290 g/mol. The SMILES string of the molecule is Cc1cc(=O)[nH]c(SCC(=O)Nc2ccccc2N)n1. The molecule has 0 saturated carbocycles. The molecule has 0 spiro atoms. The van der Waals surface area contributed by atoms with Crippen molar-refractivity contribution in [1.29, 1.82) is 0 Å². The van der Waals surface area contributed by atoms with E-state index >= 15 is 0 Å². The van der Waals surface area contributed by atoms with Gasteiger partial charge in [0, 0.05) is 11.8 Å². The minimum absolute atomic E-state index is 0.140. The lowest BCUT2D eigenvalue weighted by atomic mass is 10.3. The molecule has 7 heteroatoms. The molecule has 1 heterocycles. The van der Waals surface area contributed by atoms with Crippen LogP contribution in [0, 0.1) is 6.92 Å². The fraction of sp³-hybridized carbons (Fsp3) is 0.154. The number of carbonyl (C=O) groups is 1. The number of nitrogens with one attached hydrogen (secondary N) is 2. The molecule has 0 aliphatic heterocycles. The molecule has 0 bridgehead atoms. The van der Waals surface area contributed by atoms with Gasteiger partial charge >= 0.3 is 0 Å². The van der Waals surface area contributed by atoms with E-state index in [2.05, 4.69) is 15.3 Å². The molecule has 104 valence electrons. The number of amides is 1. The zero-order valence-electron chi connectivity index (χ0n) is 10.8. The molecule has 0 aliphatic rings. The maximum atomic E-state index is 11.8. The molecule has 0 saturated heterocycles. The van der Waals surface area contributed by atoms with Crippen LogP contribution in [0.4, 0.5) is 11.4 Å². The Morgan fingerprint density at radius 3 is 2.90 bits per heavy atom. The number of nitrogen functional groups attached to an aromatic ring is 1. The second kappa shape index (κ2) is 6.25. The van der Waals surface area contributed by atoms with Crippen LogP contribution in [0.1, 0.15) is 5.69 Å². The standard InChI is InChI=1S/C13H14N4O2S/c1-8-6-11(18)17-13(15-8)20-7-12(19)16-10-5-3-2-4-9(10)14/h2-6H,7,14H2,1H3,(H,16,19)(H,15,17,18). The molecular formula is C13H14N4O2S. The summed E-state index contributed by atoms with van der Waals surface area (Å²) < 4.78 is 0. The van der Waals surface area contributed by atoms with Crippen LogP contribution < -0.4 is 16.6 Å². The minimum Gasteiger partial charge on any atom is -0.397 e. The Kier molecular flexibility index (Phi) is 4.41. The zero-order chi connectivity index (χ0) is 14.5. The van der Waals surface area contributed by atoms with Gasteiger partial charge in [-0.2, -0.15) is 0 Å². The summed E-state index contributed by atoms with van der Waals surface area (Å²) in [6.07, 6.45) is 0. The van der Waals surface area contributed by atoms with Gasteiger partial charge in [0.1, 0.15) is 0 Å². The average molecular weight is 290 g/mol. The summed E-state index contributed by atoms with van der Waals surface area (Å²) in [6, 6.07) is 8.42. The number of anilines is 2. The third-order valence-corrected chi connectivity index (χ3v) is 3.30. The van der Waals surface area contributed by atoms with Crippen LogP contribution in [0.5, 0.6) is 0 Å². The first-order chi connectivity index (χ1) is 9.54. The summed E-state index contributed by atoms with van der Waals surface area (Å²) >= 11 is 1.16. The maximum Gasteiger partial charge on any atom is 0.251 e. The van der Waals surface area contributed by atoms with Crippen molar-refractivity contribution in [1.82, 2.24) is 9.97 Å². The molecule has 0 aliphatic carbocycles.